The second-order valence-electron chi connectivity index (χ2n) is 9.12. The smallest absolute Gasteiger partial charge is 0.225 e. The van der Waals surface area contributed by atoms with E-state index in [4.69, 9.17) is 4.74 Å². The zero-order valence-electron chi connectivity index (χ0n) is 19.0. The number of aliphatic imine (C=N–C) groups is 1. The molecule has 1 aromatic carbocycles. The lowest BCUT2D eigenvalue weighted by molar-refractivity contribution is -0.134. The minimum atomic E-state index is 0.268. The van der Waals surface area contributed by atoms with Gasteiger partial charge in [0.15, 0.2) is 5.96 Å². The highest BCUT2D eigenvalue weighted by molar-refractivity contribution is 5.81. The van der Waals surface area contributed by atoms with E-state index in [1.807, 2.05) is 19.2 Å². The fourth-order valence-corrected chi connectivity index (χ4v) is 5.25. The van der Waals surface area contributed by atoms with Gasteiger partial charge in [0.2, 0.25) is 5.91 Å². The van der Waals surface area contributed by atoms with Crippen LogP contribution in [0.4, 0.5) is 5.69 Å². The van der Waals surface area contributed by atoms with Gasteiger partial charge >= 0.3 is 0 Å². The monoisotopic (exact) mass is 427 g/mol. The molecule has 1 aliphatic carbocycles. The molecule has 7 nitrogen and oxygen atoms in total. The third-order valence-corrected chi connectivity index (χ3v) is 7.04. The number of ether oxygens (including phenoxy) is 1. The molecule has 2 saturated heterocycles. The Morgan fingerprint density at radius 2 is 1.94 bits per heavy atom. The summed E-state index contributed by atoms with van der Waals surface area (Å²) >= 11 is 0. The molecule has 31 heavy (non-hydrogen) atoms. The van der Waals surface area contributed by atoms with Gasteiger partial charge in [0.25, 0.3) is 0 Å². The first-order valence-electron chi connectivity index (χ1n) is 11.8. The lowest BCUT2D eigenvalue weighted by atomic mass is 10.1. The van der Waals surface area contributed by atoms with Crippen LogP contribution >= 0.6 is 0 Å². The van der Waals surface area contributed by atoms with Crippen molar-refractivity contribution in [2.24, 2.45) is 16.8 Å². The highest BCUT2D eigenvalue weighted by Crippen LogP contribution is 2.32. The first-order valence-corrected chi connectivity index (χ1v) is 11.8. The number of carbonyl (C=O) groups excluding carboxylic acids is 1. The van der Waals surface area contributed by atoms with Crippen molar-refractivity contribution in [2.45, 2.75) is 44.6 Å². The molecule has 0 radical (unpaired) electrons. The molecule has 0 bridgehead atoms. The lowest BCUT2D eigenvalue weighted by Crippen LogP contribution is -2.46. The Balaban J connectivity index is 1.22. The molecule has 3 fully saturated rings. The number of likely N-dealkylation sites (tertiary alicyclic amines) is 1. The summed E-state index contributed by atoms with van der Waals surface area (Å²) in [7, 11) is 3.55. The number of guanidine groups is 1. The van der Waals surface area contributed by atoms with Crippen LogP contribution in [0.15, 0.2) is 29.3 Å². The average Bonchev–Trinajstić information content (AvgIpc) is 3.58. The Morgan fingerprint density at radius 1 is 1.13 bits per heavy atom. The van der Waals surface area contributed by atoms with E-state index in [1.165, 1.54) is 18.5 Å². The topological polar surface area (TPSA) is 69.2 Å². The first-order chi connectivity index (χ1) is 15.2. The van der Waals surface area contributed by atoms with E-state index in [-0.39, 0.29) is 12.0 Å². The second-order valence-corrected chi connectivity index (χ2v) is 9.12. The van der Waals surface area contributed by atoms with Crippen molar-refractivity contribution in [1.29, 1.82) is 0 Å². The van der Waals surface area contributed by atoms with Crippen molar-refractivity contribution < 1.29 is 9.53 Å². The molecule has 1 amide bonds. The number of hydrogen-bond donors (Lipinski definition) is 2. The summed E-state index contributed by atoms with van der Waals surface area (Å²) < 4.78 is 5.53. The molecular formula is C24H37N5O2. The number of benzene rings is 1. The summed E-state index contributed by atoms with van der Waals surface area (Å²) in [5.41, 5.74) is 1.17. The molecule has 2 aliphatic heterocycles. The predicted octanol–water partition coefficient (Wildman–Crippen LogP) is 2.48. The van der Waals surface area contributed by atoms with E-state index < -0.39 is 0 Å². The van der Waals surface area contributed by atoms with Crippen molar-refractivity contribution in [3.63, 3.8) is 0 Å². The quantitative estimate of drug-likeness (QED) is 0.539. The summed E-state index contributed by atoms with van der Waals surface area (Å²) in [6, 6.07) is 8.52. The number of carbonyl (C=O) groups is 1. The van der Waals surface area contributed by atoms with Gasteiger partial charge in [-0.15, -0.1) is 0 Å². The standard InChI is InChI=1S/C24H37N5O2/c1-25-24(27-20-12-14-29(17-20)23(30)19-7-3-4-8-19)26-15-18-11-13-28(16-18)21-9-5-6-10-22(21)31-2/h5-6,9-10,18-20H,3-4,7-8,11-17H2,1-2H3,(H2,25,26,27). The molecule has 2 atom stereocenters. The Morgan fingerprint density at radius 3 is 2.71 bits per heavy atom. The molecular weight excluding hydrogens is 390 g/mol. The van der Waals surface area contributed by atoms with Gasteiger partial charge in [-0.25, -0.2) is 0 Å². The predicted molar refractivity (Wildman–Crippen MR) is 125 cm³/mol. The maximum atomic E-state index is 12.7. The third kappa shape index (κ3) is 5.25. The van der Waals surface area contributed by atoms with Crippen LogP contribution in [0.25, 0.3) is 0 Å². The normalized spacial score (nSPS) is 24.6. The highest BCUT2D eigenvalue weighted by Gasteiger charge is 2.32. The second kappa shape index (κ2) is 10.2. The summed E-state index contributed by atoms with van der Waals surface area (Å²) in [4.78, 5) is 21.6. The third-order valence-electron chi connectivity index (χ3n) is 7.04. The van der Waals surface area contributed by atoms with Gasteiger partial charge in [0, 0.05) is 51.7 Å². The molecule has 7 heteroatoms. The number of amides is 1. The van der Waals surface area contributed by atoms with Crippen LogP contribution in [-0.4, -0.2) is 69.7 Å². The maximum Gasteiger partial charge on any atom is 0.225 e. The number of hydrogen-bond acceptors (Lipinski definition) is 4. The van der Waals surface area contributed by atoms with Gasteiger partial charge in [0.1, 0.15) is 5.75 Å². The van der Waals surface area contributed by atoms with Gasteiger partial charge in [-0.05, 0) is 43.7 Å². The van der Waals surface area contributed by atoms with Crippen LogP contribution in [0.2, 0.25) is 0 Å². The molecule has 2 heterocycles. The van der Waals surface area contributed by atoms with E-state index >= 15 is 0 Å². The van der Waals surface area contributed by atoms with E-state index in [9.17, 15) is 4.79 Å². The number of nitrogens with one attached hydrogen (secondary N) is 2. The van der Waals surface area contributed by atoms with Crippen LogP contribution in [0.1, 0.15) is 38.5 Å². The van der Waals surface area contributed by atoms with Crippen molar-refractivity contribution in [2.75, 3.05) is 51.8 Å². The van der Waals surface area contributed by atoms with Crippen molar-refractivity contribution in [3.8, 4) is 5.75 Å². The van der Waals surface area contributed by atoms with Gasteiger partial charge in [-0.2, -0.15) is 0 Å². The Hall–Kier alpha value is -2.44. The molecule has 3 aliphatic rings. The largest absolute Gasteiger partial charge is 0.495 e. The SMILES string of the molecule is CN=C(NCC1CCN(c2ccccc2OC)C1)NC1CCN(C(=O)C2CCCC2)C1. The number of anilines is 1. The fourth-order valence-electron chi connectivity index (χ4n) is 5.25. The molecule has 4 rings (SSSR count). The Labute approximate surface area is 186 Å². The zero-order valence-corrected chi connectivity index (χ0v) is 19.0. The summed E-state index contributed by atoms with van der Waals surface area (Å²) in [5.74, 6) is 2.98. The van der Waals surface area contributed by atoms with Gasteiger partial charge in [-0.3, -0.25) is 9.79 Å². The molecule has 1 saturated carbocycles. The van der Waals surface area contributed by atoms with Gasteiger partial charge in [0.05, 0.1) is 12.8 Å². The minimum absolute atomic E-state index is 0.268. The van der Waals surface area contributed by atoms with E-state index in [0.29, 0.717) is 11.8 Å². The number of nitrogens with zero attached hydrogens (tertiary/aromatic N) is 3. The van der Waals surface area contributed by atoms with Crippen LogP contribution in [0, 0.1) is 11.8 Å². The average molecular weight is 428 g/mol. The fraction of sp³-hybridized carbons (Fsp3) is 0.667. The first kappa shape index (κ1) is 21.8. The number of methoxy groups -OCH3 is 1. The van der Waals surface area contributed by atoms with Crippen LogP contribution < -0.4 is 20.3 Å². The van der Waals surface area contributed by atoms with Gasteiger partial charge < -0.3 is 25.2 Å². The van der Waals surface area contributed by atoms with Gasteiger partial charge in [-0.1, -0.05) is 25.0 Å². The Kier molecular flexibility index (Phi) is 7.20. The van der Waals surface area contributed by atoms with Crippen LogP contribution in [0.3, 0.4) is 0 Å². The summed E-state index contributed by atoms with van der Waals surface area (Å²) in [6.45, 7) is 4.60. The lowest BCUT2D eigenvalue weighted by Gasteiger charge is -2.23. The highest BCUT2D eigenvalue weighted by atomic mass is 16.5. The van der Waals surface area contributed by atoms with Crippen molar-refractivity contribution >= 4 is 17.6 Å². The minimum Gasteiger partial charge on any atom is -0.495 e. The van der Waals surface area contributed by atoms with E-state index in [0.717, 1.165) is 70.1 Å². The van der Waals surface area contributed by atoms with Crippen LogP contribution in [-0.2, 0) is 4.79 Å². The zero-order chi connectivity index (χ0) is 21.6. The molecule has 170 valence electrons. The molecule has 2 unspecified atom stereocenters. The Bertz CT molecular complexity index is 777. The molecule has 0 spiro atoms. The molecule has 2 N–H and O–H groups in total. The molecule has 1 aromatic rings. The summed E-state index contributed by atoms with van der Waals surface area (Å²) in [6.07, 6.45) is 6.70. The van der Waals surface area contributed by atoms with Crippen molar-refractivity contribution in [3.05, 3.63) is 24.3 Å². The van der Waals surface area contributed by atoms with E-state index in [2.05, 4.69) is 37.6 Å². The number of rotatable bonds is 6. The van der Waals surface area contributed by atoms with Crippen LogP contribution in [0.5, 0.6) is 5.75 Å². The number of para-hydroxylation sites is 2. The van der Waals surface area contributed by atoms with E-state index in [1.54, 1.807) is 7.11 Å². The summed E-state index contributed by atoms with van der Waals surface area (Å²) in [5, 5.41) is 7.05. The van der Waals surface area contributed by atoms with Crippen molar-refractivity contribution in [1.82, 2.24) is 15.5 Å². The maximum absolute atomic E-state index is 12.7. The molecule has 0 aromatic heterocycles.